The van der Waals surface area contributed by atoms with Crippen molar-refractivity contribution >= 4 is 14.3 Å². The topological polar surface area (TPSA) is 59.4 Å². The monoisotopic (exact) mass is 411 g/mol. The van der Waals surface area contributed by atoms with Crippen molar-refractivity contribution in [1.29, 1.82) is 0 Å². The highest BCUT2D eigenvalue weighted by Gasteiger charge is 2.36. The standard InChI is InChI=1S/C20H24F3NO3Si/c1-20(2,3)28(4,5)27-9-8-12-10-14(22)17(15(23)11-12)18-13(21)6-7-16(24-18)19(25)26/h6-7,10-11H,8-9H2,1-5H3,(H,25,26). The molecule has 1 N–H and O–H groups in total. The zero-order chi connectivity index (χ0) is 21.3. The van der Waals surface area contributed by atoms with Gasteiger partial charge in [0.1, 0.15) is 28.8 Å². The first-order valence-corrected chi connectivity index (χ1v) is 11.8. The predicted octanol–water partition coefficient (Wildman–Crippen LogP) is 5.43. The fourth-order valence-corrected chi connectivity index (χ4v) is 3.42. The third-order valence-electron chi connectivity index (χ3n) is 5.06. The summed E-state index contributed by atoms with van der Waals surface area (Å²) < 4.78 is 49.1. The van der Waals surface area contributed by atoms with Crippen LogP contribution in [-0.4, -0.2) is 31.0 Å². The summed E-state index contributed by atoms with van der Waals surface area (Å²) in [6.07, 6.45) is 0.297. The minimum Gasteiger partial charge on any atom is -0.477 e. The second-order valence-corrected chi connectivity index (χ2v) is 12.9. The van der Waals surface area contributed by atoms with Crippen molar-refractivity contribution in [3.8, 4) is 11.3 Å². The van der Waals surface area contributed by atoms with Gasteiger partial charge in [0.15, 0.2) is 8.32 Å². The van der Waals surface area contributed by atoms with E-state index in [-0.39, 0.29) is 5.04 Å². The number of rotatable bonds is 6. The molecule has 0 spiro atoms. The Labute approximate surface area is 163 Å². The van der Waals surface area contributed by atoms with E-state index in [4.69, 9.17) is 9.53 Å². The van der Waals surface area contributed by atoms with Crippen molar-refractivity contribution < 1.29 is 27.5 Å². The predicted molar refractivity (Wildman–Crippen MR) is 103 cm³/mol. The molecule has 0 unspecified atom stereocenters. The first-order valence-electron chi connectivity index (χ1n) is 8.85. The Morgan fingerprint density at radius 3 is 2.18 bits per heavy atom. The van der Waals surface area contributed by atoms with Crippen LogP contribution in [0.1, 0.15) is 36.8 Å². The quantitative estimate of drug-likeness (QED) is 0.644. The molecule has 0 saturated heterocycles. The number of hydrogen-bond acceptors (Lipinski definition) is 3. The van der Waals surface area contributed by atoms with E-state index in [0.717, 1.165) is 24.3 Å². The number of nitrogens with zero attached hydrogens (tertiary/aromatic N) is 1. The van der Waals surface area contributed by atoms with Crippen LogP contribution in [0, 0.1) is 17.5 Å². The summed E-state index contributed by atoms with van der Waals surface area (Å²) in [4.78, 5) is 14.5. The smallest absolute Gasteiger partial charge is 0.354 e. The normalized spacial score (nSPS) is 12.3. The van der Waals surface area contributed by atoms with Gasteiger partial charge in [0.05, 0.1) is 5.56 Å². The Hall–Kier alpha value is -2.19. The zero-order valence-electron chi connectivity index (χ0n) is 16.6. The molecule has 0 aliphatic rings. The number of aromatic nitrogens is 1. The lowest BCUT2D eigenvalue weighted by molar-refractivity contribution is 0.0690. The molecule has 0 bridgehead atoms. The summed E-state index contributed by atoms with van der Waals surface area (Å²) in [6, 6.07) is 3.96. The molecule has 0 aliphatic heterocycles. The summed E-state index contributed by atoms with van der Waals surface area (Å²) in [7, 11) is -1.98. The summed E-state index contributed by atoms with van der Waals surface area (Å²) in [5, 5.41) is 8.99. The molecule has 0 aliphatic carbocycles. The number of carboxylic acids is 1. The minimum atomic E-state index is -1.98. The molecule has 152 valence electrons. The van der Waals surface area contributed by atoms with Gasteiger partial charge in [-0.1, -0.05) is 20.8 Å². The largest absolute Gasteiger partial charge is 0.477 e. The van der Waals surface area contributed by atoms with E-state index in [1.165, 1.54) is 0 Å². The van der Waals surface area contributed by atoms with Gasteiger partial charge < -0.3 is 9.53 Å². The van der Waals surface area contributed by atoms with Crippen molar-refractivity contribution in [2.75, 3.05) is 6.61 Å². The maximum Gasteiger partial charge on any atom is 0.354 e. The molecule has 1 heterocycles. The number of carboxylic acid groups (broad SMARTS) is 1. The lowest BCUT2D eigenvalue weighted by Crippen LogP contribution is -2.41. The summed E-state index contributed by atoms with van der Waals surface area (Å²) in [5.74, 6) is -4.43. The number of halogens is 3. The Balaban J connectivity index is 2.27. The minimum absolute atomic E-state index is 0.0196. The number of carbonyl (C=O) groups is 1. The fraction of sp³-hybridized carbons (Fsp3) is 0.400. The van der Waals surface area contributed by atoms with Gasteiger partial charge in [0.2, 0.25) is 0 Å². The zero-order valence-corrected chi connectivity index (χ0v) is 17.6. The van der Waals surface area contributed by atoms with Crippen LogP contribution in [0.25, 0.3) is 11.3 Å². The second kappa shape index (κ2) is 8.04. The molecule has 0 saturated carbocycles. The highest BCUT2D eigenvalue weighted by molar-refractivity contribution is 6.74. The molecule has 8 heteroatoms. The van der Waals surface area contributed by atoms with Crippen molar-refractivity contribution in [1.82, 2.24) is 4.98 Å². The van der Waals surface area contributed by atoms with Gasteiger partial charge in [-0.3, -0.25) is 0 Å². The first-order chi connectivity index (χ1) is 12.8. The average molecular weight is 411 g/mol. The molecule has 0 fully saturated rings. The number of pyridine rings is 1. The van der Waals surface area contributed by atoms with E-state index in [0.29, 0.717) is 18.6 Å². The van der Waals surface area contributed by atoms with Gasteiger partial charge in [-0.05, 0) is 54.4 Å². The molecule has 1 aromatic carbocycles. The highest BCUT2D eigenvalue weighted by atomic mass is 28.4. The van der Waals surface area contributed by atoms with E-state index in [2.05, 4.69) is 38.8 Å². The molecule has 2 rings (SSSR count). The van der Waals surface area contributed by atoms with E-state index < -0.39 is 48.7 Å². The van der Waals surface area contributed by atoms with Crippen molar-refractivity contribution in [3.63, 3.8) is 0 Å². The van der Waals surface area contributed by atoms with Gasteiger partial charge in [0, 0.05) is 6.61 Å². The SMILES string of the molecule is CC(C)(C)[Si](C)(C)OCCc1cc(F)c(-c2nc(C(=O)O)ccc2F)c(F)c1. The summed E-state index contributed by atoms with van der Waals surface area (Å²) >= 11 is 0. The molecule has 1 aromatic heterocycles. The molecular formula is C20H24F3NO3Si. The van der Waals surface area contributed by atoms with Crippen molar-refractivity contribution in [2.45, 2.75) is 45.3 Å². The Morgan fingerprint density at radius 1 is 1.11 bits per heavy atom. The van der Waals surface area contributed by atoms with Crippen LogP contribution in [0.3, 0.4) is 0 Å². The highest BCUT2D eigenvalue weighted by Crippen LogP contribution is 2.36. The second-order valence-electron chi connectivity index (χ2n) is 8.13. The molecule has 0 radical (unpaired) electrons. The van der Waals surface area contributed by atoms with Crippen molar-refractivity contribution in [3.05, 3.63) is 53.0 Å². The van der Waals surface area contributed by atoms with E-state index in [9.17, 15) is 18.0 Å². The molecular weight excluding hydrogens is 387 g/mol. The van der Waals surface area contributed by atoms with Crippen LogP contribution >= 0.6 is 0 Å². The van der Waals surface area contributed by atoms with Gasteiger partial charge >= 0.3 is 5.97 Å². The third kappa shape index (κ3) is 4.80. The van der Waals surface area contributed by atoms with Crippen LogP contribution < -0.4 is 0 Å². The average Bonchev–Trinajstić information content (AvgIpc) is 2.54. The Morgan fingerprint density at radius 2 is 1.68 bits per heavy atom. The Bertz CT molecular complexity index is 872. The number of hydrogen-bond donors (Lipinski definition) is 1. The van der Waals surface area contributed by atoms with Crippen LogP contribution in [0.2, 0.25) is 18.1 Å². The molecule has 0 amide bonds. The van der Waals surface area contributed by atoms with Gasteiger partial charge in [-0.2, -0.15) is 0 Å². The van der Waals surface area contributed by atoms with Gasteiger partial charge in [-0.25, -0.2) is 22.9 Å². The number of benzene rings is 1. The lowest BCUT2D eigenvalue weighted by Gasteiger charge is -2.36. The fourth-order valence-electron chi connectivity index (χ4n) is 2.37. The lowest BCUT2D eigenvalue weighted by atomic mass is 10.0. The van der Waals surface area contributed by atoms with Crippen LogP contribution in [0.5, 0.6) is 0 Å². The third-order valence-corrected chi connectivity index (χ3v) is 9.60. The molecule has 4 nitrogen and oxygen atoms in total. The maximum absolute atomic E-state index is 14.5. The Kier molecular flexibility index (Phi) is 6.35. The van der Waals surface area contributed by atoms with Crippen LogP contribution in [0.15, 0.2) is 24.3 Å². The van der Waals surface area contributed by atoms with Gasteiger partial charge in [-0.15, -0.1) is 0 Å². The molecule has 0 atom stereocenters. The van der Waals surface area contributed by atoms with E-state index in [1.54, 1.807) is 0 Å². The maximum atomic E-state index is 14.5. The van der Waals surface area contributed by atoms with Crippen molar-refractivity contribution in [2.24, 2.45) is 0 Å². The summed E-state index contributed by atoms with van der Waals surface area (Å²) in [5.41, 5.74) is -1.48. The van der Waals surface area contributed by atoms with E-state index in [1.807, 2.05) is 0 Å². The molecule has 28 heavy (non-hydrogen) atoms. The first kappa shape index (κ1) is 22.1. The van der Waals surface area contributed by atoms with E-state index >= 15 is 0 Å². The van der Waals surface area contributed by atoms with Crippen LogP contribution in [0.4, 0.5) is 13.2 Å². The summed E-state index contributed by atoms with van der Waals surface area (Å²) in [6.45, 7) is 10.8. The molecule has 2 aromatic rings. The van der Waals surface area contributed by atoms with Crippen LogP contribution in [-0.2, 0) is 10.8 Å². The van der Waals surface area contributed by atoms with Gasteiger partial charge in [0.25, 0.3) is 0 Å². The number of aromatic carboxylic acids is 1.